The lowest BCUT2D eigenvalue weighted by molar-refractivity contribution is 0.100. The van der Waals surface area contributed by atoms with Crippen LogP contribution in [0.5, 0.6) is 5.75 Å². The number of aliphatic hydroxyl groups is 1. The third kappa shape index (κ3) is 8.25. The van der Waals surface area contributed by atoms with Crippen molar-refractivity contribution < 1.29 is 18.8 Å². The van der Waals surface area contributed by atoms with Gasteiger partial charge in [-0.15, -0.1) is 4.36 Å². The predicted octanol–water partition coefficient (Wildman–Crippen LogP) is 6.60. The van der Waals surface area contributed by atoms with E-state index < -0.39 is 21.9 Å². The Labute approximate surface area is 293 Å². The lowest BCUT2D eigenvalue weighted by Crippen LogP contribution is -2.34. The van der Waals surface area contributed by atoms with Crippen molar-refractivity contribution in [2.45, 2.75) is 59.1 Å². The zero-order valence-corrected chi connectivity index (χ0v) is 30.0. The Hall–Kier alpha value is -4.00. The Kier molecular flexibility index (Phi) is 10.6. The molecule has 0 radical (unpaired) electrons. The van der Waals surface area contributed by atoms with Crippen LogP contribution in [-0.2, 0) is 29.9 Å². The number of aromatic nitrogens is 4. The van der Waals surface area contributed by atoms with E-state index >= 15 is 0 Å². The number of carbonyl (C=O) groups excluding carboxylic acids is 1. The smallest absolute Gasteiger partial charge is 0.286 e. The van der Waals surface area contributed by atoms with Gasteiger partial charge in [0.2, 0.25) is 0 Å². The van der Waals surface area contributed by atoms with E-state index in [1.165, 1.54) is 11.9 Å². The average molecular weight is 706 g/mol. The summed E-state index contributed by atoms with van der Waals surface area (Å²) >= 11 is 6.44. The normalized spacial score (nSPS) is 26.2. The van der Waals surface area contributed by atoms with Crippen LogP contribution < -0.4 is 14.4 Å². The molecule has 2 aliphatic heterocycles. The topological polar surface area (TPSA) is 135 Å². The second kappa shape index (κ2) is 14.9. The molecule has 11 nitrogen and oxygen atoms in total. The second-order valence-corrected chi connectivity index (χ2v) is 15.9. The number of anilines is 2. The average Bonchev–Trinajstić information content (AvgIpc) is 3.44. The fourth-order valence-corrected chi connectivity index (χ4v) is 8.60. The Morgan fingerprint density at radius 1 is 1.08 bits per heavy atom. The molecule has 6 rings (SSSR count). The van der Waals surface area contributed by atoms with Crippen molar-refractivity contribution in [1.29, 1.82) is 0 Å². The van der Waals surface area contributed by atoms with Crippen LogP contribution in [0, 0.1) is 17.8 Å². The SMILES string of the molecule is C[C@H]1C/C=C/[C@H](O)[C@H](C)[C@@H](C)CN2Cc3ccc(Cl)cc3CCCCOc3ccc(cc32)C(=O)N=S(=O)(Nc2ncnc3nn(C)cc23)C1. The van der Waals surface area contributed by atoms with Crippen LogP contribution in [0.2, 0.25) is 5.02 Å². The first kappa shape index (κ1) is 34.8. The van der Waals surface area contributed by atoms with Gasteiger partial charge in [-0.25, -0.2) is 14.2 Å². The first-order chi connectivity index (χ1) is 23.5. The minimum absolute atomic E-state index is 0.0659. The standard InChI is InChI=1S/C36H44ClN7O4S/c1-23-8-7-10-32(45)25(3)24(2)18-44-19-28-11-13-29(37)16-26(28)9-5-6-15-48-33-14-12-27(17-31(33)44)36(46)42-49(47,21-23)41-35-30-20-43(4)40-34(30)38-22-39-35/h7,10-14,16-17,20,22-25,32,45H,5-6,8-9,15,18-19,21H2,1-4H3,(H,38,39,40,41,42,46,47)/b10-7+/t23-,24-,25+,32-,49?/m0/s1. The molecule has 4 heterocycles. The fraction of sp³-hybridized carbons (Fsp3) is 0.444. The molecule has 2 aromatic heterocycles. The van der Waals surface area contributed by atoms with Gasteiger partial charge >= 0.3 is 0 Å². The Morgan fingerprint density at radius 2 is 1.92 bits per heavy atom. The molecular formula is C36H44ClN7O4S. The maximum Gasteiger partial charge on any atom is 0.286 e. The third-order valence-corrected chi connectivity index (χ3v) is 11.6. The summed E-state index contributed by atoms with van der Waals surface area (Å²) in [7, 11) is -1.63. The van der Waals surface area contributed by atoms with Crippen molar-refractivity contribution in [3.8, 4) is 5.75 Å². The maximum absolute atomic E-state index is 14.7. The molecule has 0 spiro atoms. The van der Waals surface area contributed by atoms with Gasteiger partial charge in [0.1, 0.15) is 22.0 Å². The molecule has 260 valence electrons. The van der Waals surface area contributed by atoms with Gasteiger partial charge in [-0.1, -0.05) is 50.6 Å². The number of aliphatic hydroxyl groups excluding tert-OH is 1. The molecule has 4 aromatic rings. The van der Waals surface area contributed by atoms with E-state index in [9.17, 15) is 14.1 Å². The highest BCUT2D eigenvalue weighted by Gasteiger charge is 2.27. The molecule has 0 fully saturated rings. The van der Waals surface area contributed by atoms with Gasteiger partial charge in [0.05, 0.1) is 29.5 Å². The third-order valence-electron chi connectivity index (χ3n) is 9.42. The van der Waals surface area contributed by atoms with E-state index in [2.05, 4.69) is 49.0 Å². The first-order valence-corrected chi connectivity index (χ1v) is 18.9. The van der Waals surface area contributed by atoms with Crippen molar-refractivity contribution in [3.05, 3.63) is 82.8 Å². The molecule has 1 unspecified atom stereocenters. The van der Waals surface area contributed by atoms with Crippen molar-refractivity contribution in [2.75, 3.05) is 28.5 Å². The quantitative estimate of drug-likeness (QED) is 0.223. The number of allylic oxidation sites excluding steroid dienone is 1. The van der Waals surface area contributed by atoms with Crippen molar-refractivity contribution in [2.24, 2.45) is 29.2 Å². The lowest BCUT2D eigenvalue weighted by Gasteiger charge is -2.33. The molecular weight excluding hydrogens is 662 g/mol. The molecule has 0 saturated heterocycles. The van der Waals surface area contributed by atoms with Gasteiger partial charge < -0.3 is 14.7 Å². The van der Waals surface area contributed by atoms with E-state index in [-0.39, 0.29) is 29.3 Å². The van der Waals surface area contributed by atoms with Crippen LogP contribution in [0.1, 0.15) is 61.5 Å². The maximum atomic E-state index is 14.7. The van der Waals surface area contributed by atoms with Gasteiger partial charge in [0.15, 0.2) is 11.5 Å². The number of ether oxygens (including phenoxy) is 1. The molecule has 2 aliphatic rings. The number of rotatable bonds is 2. The Balaban J connectivity index is 1.48. The van der Waals surface area contributed by atoms with Crippen molar-refractivity contribution in [3.63, 3.8) is 0 Å². The Bertz CT molecular complexity index is 1990. The number of carbonyl (C=O) groups is 1. The number of aryl methyl sites for hydroxylation is 2. The van der Waals surface area contributed by atoms with Gasteiger partial charge in [-0.3, -0.25) is 14.2 Å². The van der Waals surface area contributed by atoms with E-state index in [1.54, 1.807) is 30.1 Å². The molecule has 2 N–H and O–H groups in total. The van der Waals surface area contributed by atoms with E-state index in [0.29, 0.717) is 53.5 Å². The van der Waals surface area contributed by atoms with Crippen LogP contribution >= 0.6 is 11.6 Å². The largest absolute Gasteiger partial charge is 0.491 e. The highest BCUT2D eigenvalue weighted by atomic mass is 35.5. The minimum atomic E-state index is -3.40. The van der Waals surface area contributed by atoms with Gasteiger partial charge in [0.25, 0.3) is 5.91 Å². The molecule has 2 bridgehead atoms. The monoisotopic (exact) mass is 705 g/mol. The number of benzene rings is 2. The highest BCUT2D eigenvalue weighted by Crippen LogP contribution is 2.35. The molecule has 1 amide bonds. The molecule has 5 atom stereocenters. The van der Waals surface area contributed by atoms with E-state index in [4.69, 9.17) is 16.3 Å². The van der Waals surface area contributed by atoms with Gasteiger partial charge in [-0.2, -0.15) is 5.10 Å². The predicted molar refractivity (Wildman–Crippen MR) is 194 cm³/mol. The molecule has 13 heteroatoms. The molecule has 0 aliphatic carbocycles. The second-order valence-electron chi connectivity index (χ2n) is 13.4. The summed E-state index contributed by atoms with van der Waals surface area (Å²) in [5, 5.41) is 16.9. The van der Waals surface area contributed by atoms with Crippen LogP contribution in [-0.4, -0.2) is 60.0 Å². The van der Waals surface area contributed by atoms with Crippen molar-refractivity contribution >= 4 is 50.0 Å². The van der Waals surface area contributed by atoms with Crippen LogP contribution in [0.25, 0.3) is 11.0 Å². The van der Waals surface area contributed by atoms with E-state index in [0.717, 1.165) is 30.5 Å². The first-order valence-electron chi connectivity index (χ1n) is 16.8. The molecule has 2 aromatic carbocycles. The summed E-state index contributed by atoms with van der Waals surface area (Å²) in [4.78, 5) is 24.8. The van der Waals surface area contributed by atoms with Crippen LogP contribution in [0.3, 0.4) is 0 Å². The minimum Gasteiger partial charge on any atom is -0.491 e. The number of nitrogens with zero attached hydrogens (tertiary/aromatic N) is 6. The number of hydrogen-bond donors (Lipinski definition) is 2. The number of nitrogens with one attached hydrogen (secondary N) is 1. The van der Waals surface area contributed by atoms with Crippen LogP contribution in [0.4, 0.5) is 11.5 Å². The Morgan fingerprint density at radius 3 is 2.76 bits per heavy atom. The fourth-order valence-electron chi connectivity index (χ4n) is 6.45. The van der Waals surface area contributed by atoms with Gasteiger partial charge in [-0.05, 0) is 84.9 Å². The molecule has 49 heavy (non-hydrogen) atoms. The molecule has 0 saturated carbocycles. The summed E-state index contributed by atoms with van der Waals surface area (Å²) in [6.07, 6.45) is 9.36. The number of hydrogen-bond acceptors (Lipinski definition) is 8. The van der Waals surface area contributed by atoms with E-state index in [1.807, 2.05) is 37.3 Å². The van der Waals surface area contributed by atoms with Crippen LogP contribution in [0.15, 0.2) is 65.4 Å². The zero-order valence-electron chi connectivity index (χ0n) is 28.4. The number of amides is 1. The number of fused-ring (bicyclic) bond motifs is 3. The zero-order chi connectivity index (χ0) is 34.7. The number of halogens is 1. The lowest BCUT2D eigenvalue weighted by atomic mass is 9.89. The summed E-state index contributed by atoms with van der Waals surface area (Å²) in [6.45, 7) is 7.79. The summed E-state index contributed by atoms with van der Waals surface area (Å²) in [5.41, 5.74) is 3.79. The summed E-state index contributed by atoms with van der Waals surface area (Å²) in [5.74, 6) is 0.260. The highest BCUT2D eigenvalue weighted by molar-refractivity contribution is 7.95. The summed E-state index contributed by atoms with van der Waals surface area (Å²) in [6, 6.07) is 11.3. The summed E-state index contributed by atoms with van der Waals surface area (Å²) < 4.78 is 30.0. The van der Waals surface area contributed by atoms with Crippen molar-refractivity contribution in [1.82, 2.24) is 19.7 Å². The van der Waals surface area contributed by atoms with Gasteiger partial charge in [0, 0.05) is 36.9 Å².